The molecule has 2 saturated heterocycles. The number of hydrogen-bond donors (Lipinski definition) is 1. The molecule has 2 bridgehead atoms. The monoisotopic (exact) mass is 342 g/mol. The van der Waals surface area contributed by atoms with Crippen LogP contribution in [0, 0.1) is 0 Å². The maximum atomic E-state index is 12.5. The number of fused-ring (bicyclic) bond motifs is 3. The molecule has 7 heteroatoms. The Morgan fingerprint density at radius 1 is 1.24 bits per heavy atom. The average molecular weight is 342 g/mol. The number of pyridine rings is 1. The molecule has 3 aliphatic rings. The first-order chi connectivity index (χ1) is 12.2. The lowest BCUT2D eigenvalue weighted by Gasteiger charge is -2.44. The van der Waals surface area contributed by atoms with Gasteiger partial charge in [0.05, 0.1) is 24.2 Å². The molecule has 0 amide bonds. The molecule has 5 rings (SSSR count). The van der Waals surface area contributed by atoms with E-state index in [0.717, 1.165) is 63.0 Å². The van der Waals surface area contributed by atoms with Crippen molar-refractivity contribution >= 4 is 0 Å². The van der Waals surface area contributed by atoms with E-state index in [9.17, 15) is 4.79 Å². The molecule has 5 heterocycles. The van der Waals surface area contributed by atoms with Crippen LogP contribution in [0.25, 0.3) is 11.4 Å². The predicted octanol–water partition coefficient (Wildman–Crippen LogP) is 1.62. The lowest BCUT2D eigenvalue weighted by atomic mass is 9.73. The molecular formula is C18H22N4O3. The number of hydrogen-bond acceptors (Lipinski definition) is 6. The highest BCUT2D eigenvalue weighted by Crippen LogP contribution is 2.40. The molecular weight excluding hydrogens is 320 g/mol. The zero-order valence-electron chi connectivity index (χ0n) is 14.2. The van der Waals surface area contributed by atoms with Crippen molar-refractivity contribution in [2.75, 3.05) is 26.2 Å². The van der Waals surface area contributed by atoms with Gasteiger partial charge >= 0.3 is 0 Å². The second-order valence-corrected chi connectivity index (χ2v) is 7.51. The van der Waals surface area contributed by atoms with Crippen LogP contribution in [0.5, 0.6) is 0 Å². The lowest BCUT2D eigenvalue weighted by Crippen LogP contribution is -2.50. The topological polar surface area (TPSA) is 84.3 Å². The molecule has 2 aromatic heterocycles. The van der Waals surface area contributed by atoms with Crippen LogP contribution in [0.4, 0.5) is 0 Å². The van der Waals surface area contributed by atoms with Gasteiger partial charge in [-0.05, 0) is 50.4 Å². The minimum absolute atomic E-state index is 0.0359. The van der Waals surface area contributed by atoms with Gasteiger partial charge in [0.15, 0.2) is 0 Å². The Balaban J connectivity index is 1.52. The van der Waals surface area contributed by atoms with Gasteiger partial charge in [0.2, 0.25) is 11.7 Å². The minimum Gasteiger partial charge on any atom is -0.376 e. The second kappa shape index (κ2) is 5.78. The maximum absolute atomic E-state index is 12.5. The van der Waals surface area contributed by atoms with E-state index in [2.05, 4.69) is 20.0 Å². The highest BCUT2D eigenvalue weighted by molar-refractivity contribution is 5.55. The van der Waals surface area contributed by atoms with Crippen molar-refractivity contribution < 1.29 is 9.26 Å². The van der Waals surface area contributed by atoms with Crippen molar-refractivity contribution in [3.05, 3.63) is 33.6 Å². The van der Waals surface area contributed by atoms with Crippen molar-refractivity contribution in [2.24, 2.45) is 0 Å². The van der Waals surface area contributed by atoms with E-state index in [0.29, 0.717) is 30.5 Å². The van der Waals surface area contributed by atoms with Crippen molar-refractivity contribution in [1.29, 1.82) is 0 Å². The largest absolute Gasteiger partial charge is 0.376 e. The molecule has 0 spiro atoms. The van der Waals surface area contributed by atoms with Gasteiger partial charge in [-0.2, -0.15) is 4.98 Å². The first-order valence-corrected chi connectivity index (χ1v) is 9.13. The SMILES string of the molecule is O=c1[nH]c2c(cc1-c1noc(C34CCCN(CCC3)C4)n1)COCC2. The Bertz CT molecular complexity index is 846. The van der Waals surface area contributed by atoms with Gasteiger partial charge in [0.1, 0.15) is 0 Å². The molecule has 0 unspecified atom stereocenters. The first-order valence-electron chi connectivity index (χ1n) is 9.13. The van der Waals surface area contributed by atoms with Gasteiger partial charge in [0.25, 0.3) is 5.56 Å². The number of ether oxygens (including phenoxy) is 1. The zero-order chi connectivity index (χ0) is 16.9. The highest BCUT2D eigenvalue weighted by atomic mass is 16.5. The average Bonchev–Trinajstić information content (AvgIpc) is 3.12. The number of nitrogens with zero attached hydrogens (tertiary/aromatic N) is 3. The quantitative estimate of drug-likeness (QED) is 0.893. The van der Waals surface area contributed by atoms with Crippen LogP contribution in [0.1, 0.15) is 42.8 Å². The molecule has 0 atom stereocenters. The summed E-state index contributed by atoms with van der Waals surface area (Å²) in [5, 5.41) is 4.15. The van der Waals surface area contributed by atoms with Gasteiger partial charge in [-0.1, -0.05) is 5.16 Å². The summed E-state index contributed by atoms with van der Waals surface area (Å²) in [6.45, 7) is 4.47. The van der Waals surface area contributed by atoms with Crippen LogP contribution in [0.2, 0.25) is 0 Å². The Morgan fingerprint density at radius 2 is 2.08 bits per heavy atom. The fraction of sp³-hybridized carbons (Fsp3) is 0.611. The van der Waals surface area contributed by atoms with Gasteiger partial charge < -0.3 is 19.1 Å². The fourth-order valence-electron chi connectivity index (χ4n) is 4.58. The molecule has 0 aliphatic carbocycles. The normalized spacial score (nSPS) is 28.6. The number of aromatic amines is 1. The molecule has 0 saturated carbocycles. The number of rotatable bonds is 2. The number of aromatic nitrogens is 3. The third-order valence-electron chi connectivity index (χ3n) is 5.88. The van der Waals surface area contributed by atoms with Crippen molar-refractivity contribution in [2.45, 2.75) is 44.1 Å². The predicted molar refractivity (Wildman–Crippen MR) is 90.3 cm³/mol. The van der Waals surface area contributed by atoms with Gasteiger partial charge in [-0.3, -0.25) is 4.79 Å². The Morgan fingerprint density at radius 3 is 2.92 bits per heavy atom. The summed E-state index contributed by atoms with van der Waals surface area (Å²) in [7, 11) is 0. The third kappa shape index (κ3) is 2.53. The molecule has 2 aromatic rings. The smallest absolute Gasteiger partial charge is 0.259 e. The summed E-state index contributed by atoms with van der Waals surface area (Å²) >= 11 is 0. The van der Waals surface area contributed by atoms with E-state index in [4.69, 9.17) is 9.26 Å². The Kier molecular flexibility index (Phi) is 3.53. The molecule has 0 radical (unpaired) electrons. The van der Waals surface area contributed by atoms with E-state index in [1.165, 1.54) is 0 Å². The van der Waals surface area contributed by atoms with E-state index < -0.39 is 0 Å². The Hall–Kier alpha value is -1.99. The zero-order valence-corrected chi connectivity index (χ0v) is 14.2. The maximum Gasteiger partial charge on any atom is 0.259 e. The summed E-state index contributed by atoms with van der Waals surface area (Å²) in [4.78, 5) is 22.6. The first kappa shape index (κ1) is 15.3. The molecule has 1 N–H and O–H groups in total. The molecule has 3 aliphatic heterocycles. The van der Waals surface area contributed by atoms with Gasteiger partial charge in [-0.15, -0.1) is 0 Å². The van der Waals surface area contributed by atoms with Crippen LogP contribution in [-0.2, 0) is 23.2 Å². The number of piperidine rings is 2. The van der Waals surface area contributed by atoms with Crippen molar-refractivity contribution in [3.63, 3.8) is 0 Å². The summed E-state index contributed by atoms with van der Waals surface area (Å²) in [5.41, 5.74) is 2.24. The molecule has 25 heavy (non-hydrogen) atoms. The fourth-order valence-corrected chi connectivity index (χ4v) is 4.58. The number of H-pyrrole nitrogens is 1. The summed E-state index contributed by atoms with van der Waals surface area (Å²) in [6, 6.07) is 1.85. The summed E-state index contributed by atoms with van der Waals surface area (Å²) < 4.78 is 11.2. The standard InChI is InChI=1S/C18H22N4O3/c23-16-13(9-12-10-24-8-3-14(12)19-16)15-20-17(25-21-15)18-4-1-6-22(11-18)7-2-5-18/h9H,1-8,10-11H2,(H,19,23). The van der Waals surface area contributed by atoms with Crippen molar-refractivity contribution in [3.8, 4) is 11.4 Å². The van der Waals surface area contributed by atoms with Crippen molar-refractivity contribution in [1.82, 2.24) is 20.0 Å². The van der Waals surface area contributed by atoms with E-state index in [1.807, 2.05) is 6.07 Å². The van der Waals surface area contributed by atoms with E-state index >= 15 is 0 Å². The Labute approximate surface area is 145 Å². The molecule has 7 nitrogen and oxygen atoms in total. The van der Waals surface area contributed by atoms with E-state index in [1.54, 1.807) is 0 Å². The molecule has 2 fully saturated rings. The van der Waals surface area contributed by atoms with E-state index in [-0.39, 0.29) is 11.0 Å². The summed E-state index contributed by atoms with van der Waals surface area (Å²) in [6.07, 6.45) is 5.23. The van der Waals surface area contributed by atoms with Gasteiger partial charge in [0, 0.05) is 18.7 Å². The van der Waals surface area contributed by atoms with Crippen LogP contribution in [-0.4, -0.2) is 46.3 Å². The minimum atomic E-state index is -0.153. The molecule has 0 aromatic carbocycles. The van der Waals surface area contributed by atoms with Gasteiger partial charge in [-0.25, -0.2) is 0 Å². The van der Waals surface area contributed by atoms with Crippen LogP contribution < -0.4 is 5.56 Å². The number of nitrogens with one attached hydrogen (secondary N) is 1. The van der Waals surface area contributed by atoms with Crippen LogP contribution in [0.15, 0.2) is 15.4 Å². The summed E-state index contributed by atoms with van der Waals surface area (Å²) in [5.74, 6) is 1.09. The lowest BCUT2D eigenvalue weighted by molar-refractivity contribution is 0.0711. The van der Waals surface area contributed by atoms with Crippen LogP contribution >= 0.6 is 0 Å². The highest BCUT2D eigenvalue weighted by Gasteiger charge is 2.44. The van der Waals surface area contributed by atoms with Crippen LogP contribution in [0.3, 0.4) is 0 Å². The third-order valence-corrected chi connectivity index (χ3v) is 5.88. The second-order valence-electron chi connectivity index (χ2n) is 7.51. The molecule has 132 valence electrons.